The highest BCUT2D eigenvalue weighted by Gasteiger charge is 2.31. The maximum atomic E-state index is 13.8. The largest absolute Gasteiger partial charge is 0.352 e. The molecule has 1 fully saturated rings. The van der Waals surface area contributed by atoms with Gasteiger partial charge in [0.15, 0.2) is 0 Å². The zero-order chi connectivity index (χ0) is 26.0. The van der Waals surface area contributed by atoms with Crippen molar-refractivity contribution < 1.29 is 9.59 Å². The van der Waals surface area contributed by atoms with E-state index in [4.69, 9.17) is 0 Å². The number of carbonyl (C=O) groups excluding carboxylic acids is 2. The SMILES string of the molecule is Cc1ccc(CCC(=O)N(Cc2ccc(Br)cc2)[C@H](Cc2ccccc2)C(=O)NC2CCCCC2)cc1. The molecule has 4 rings (SSSR count). The lowest BCUT2D eigenvalue weighted by Gasteiger charge is -2.33. The minimum atomic E-state index is -0.571. The number of carbonyl (C=O) groups is 2. The molecule has 3 aromatic rings. The number of amides is 2. The number of aryl methyl sites for hydroxylation is 2. The van der Waals surface area contributed by atoms with Gasteiger partial charge in [0.1, 0.15) is 6.04 Å². The van der Waals surface area contributed by atoms with Crippen molar-refractivity contribution in [1.29, 1.82) is 0 Å². The van der Waals surface area contributed by atoms with E-state index < -0.39 is 6.04 Å². The van der Waals surface area contributed by atoms with E-state index in [2.05, 4.69) is 52.4 Å². The molecule has 0 aromatic heterocycles. The molecule has 0 radical (unpaired) electrons. The van der Waals surface area contributed by atoms with E-state index in [0.717, 1.165) is 46.8 Å². The van der Waals surface area contributed by atoms with Gasteiger partial charge >= 0.3 is 0 Å². The smallest absolute Gasteiger partial charge is 0.243 e. The van der Waals surface area contributed by atoms with Gasteiger partial charge in [0.25, 0.3) is 0 Å². The van der Waals surface area contributed by atoms with E-state index in [0.29, 0.717) is 25.8 Å². The Kier molecular flexibility index (Phi) is 9.95. The second-order valence-corrected chi connectivity index (χ2v) is 11.1. The van der Waals surface area contributed by atoms with Gasteiger partial charge in [-0.05, 0) is 55.0 Å². The number of nitrogens with one attached hydrogen (secondary N) is 1. The summed E-state index contributed by atoms with van der Waals surface area (Å²) in [6, 6.07) is 26.0. The highest BCUT2D eigenvalue weighted by Crippen LogP contribution is 2.21. The van der Waals surface area contributed by atoms with Crippen LogP contribution in [-0.2, 0) is 29.0 Å². The molecular formula is C32H37BrN2O2. The summed E-state index contributed by atoms with van der Waals surface area (Å²) in [4.78, 5) is 29.4. The van der Waals surface area contributed by atoms with Crippen LogP contribution in [0.3, 0.4) is 0 Å². The molecule has 1 atom stereocenters. The molecule has 4 nitrogen and oxygen atoms in total. The maximum absolute atomic E-state index is 13.8. The summed E-state index contributed by atoms with van der Waals surface area (Å²) in [5.41, 5.74) is 4.40. The summed E-state index contributed by atoms with van der Waals surface area (Å²) >= 11 is 3.50. The first-order valence-corrected chi connectivity index (χ1v) is 14.2. The van der Waals surface area contributed by atoms with E-state index in [9.17, 15) is 9.59 Å². The van der Waals surface area contributed by atoms with Gasteiger partial charge in [-0.1, -0.05) is 107 Å². The quantitative estimate of drug-likeness (QED) is 0.297. The third-order valence-electron chi connectivity index (χ3n) is 7.24. The van der Waals surface area contributed by atoms with Crippen molar-refractivity contribution in [3.05, 3.63) is 106 Å². The van der Waals surface area contributed by atoms with Crippen LogP contribution in [0.2, 0.25) is 0 Å². The molecule has 37 heavy (non-hydrogen) atoms. The summed E-state index contributed by atoms with van der Waals surface area (Å²) < 4.78 is 0.990. The topological polar surface area (TPSA) is 49.4 Å². The number of benzene rings is 3. The van der Waals surface area contributed by atoms with Crippen LogP contribution in [0.5, 0.6) is 0 Å². The lowest BCUT2D eigenvalue weighted by molar-refractivity contribution is -0.141. The van der Waals surface area contributed by atoms with Crippen LogP contribution in [0.4, 0.5) is 0 Å². The number of halogens is 1. The normalized spacial score (nSPS) is 14.6. The Labute approximate surface area is 229 Å². The van der Waals surface area contributed by atoms with Crippen molar-refractivity contribution in [2.24, 2.45) is 0 Å². The average molecular weight is 562 g/mol. The maximum Gasteiger partial charge on any atom is 0.243 e. The fourth-order valence-corrected chi connectivity index (χ4v) is 5.30. The second kappa shape index (κ2) is 13.6. The van der Waals surface area contributed by atoms with Gasteiger partial charge in [-0.2, -0.15) is 0 Å². The molecule has 0 aliphatic heterocycles. The molecule has 0 saturated heterocycles. The van der Waals surface area contributed by atoms with Crippen LogP contribution >= 0.6 is 15.9 Å². The zero-order valence-electron chi connectivity index (χ0n) is 21.7. The molecule has 1 aliphatic rings. The first-order chi connectivity index (χ1) is 18.0. The summed E-state index contributed by atoms with van der Waals surface area (Å²) in [7, 11) is 0. The van der Waals surface area contributed by atoms with E-state index in [1.807, 2.05) is 59.5 Å². The average Bonchev–Trinajstić information content (AvgIpc) is 2.92. The molecule has 3 aromatic carbocycles. The summed E-state index contributed by atoms with van der Waals surface area (Å²) in [5.74, 6) is -0.0419. The number of hydrogen-bond acceptors (Lipinski definition) is 2. The summed E-state index contributed by atoms with van der Waals surface area (Å²) in [6.07, 6.45) is 7.05. The lowest BCUT2D eigenvalue weighted by atomic mass is 9.94. The van der Waals surface area contributed by atoms with E-state index in [-0.39, 0.29) is 17.9 Å². The van der Waals surface area contributed by atoms with Crippen LogP contribution in [0.25, 0.3) is 0 Å². The van der Waals surface area contributed by atoms with Gasteiger partial charge < -0.3 is 10.2 Å². The third-order valence-corrected chi connectivity index (χ3v) is 7.77. The van der Waals surface area contributed by atoms with E-state index >= 15 is 0 Å². The van der Waals surface area contributed by atoms with Crippen LogP contribution in [0.1, 0.15) is 60.8 Å². The molecule has 0 spiro atoms. The van der Waals surface area contributed by atoms with Crippen molar-refractivity contribution in [3.63, 3.8) is 0 Å². The summed E-state index contributed by atoms with van der Waals surface area (Å²) in [5, 5.41) is 3.31. The Morgan fingerprint density at radius 2 is 1.51 bits per heavy atom. The molecule has 1 saturated carbocycles. The fourth-order valence-electron chi connectivity index (χ4n) is 5.03. The molecule has 1 aliphatic carbocycles. The minimum Gasteiger partial charge on any atom is -0.352 e. The van der Waals surface area contributed by atoms with Crippen molar-refractivity contribution >= 4 is 27.7 Å². The van der Waals surface area contributed by atoms with Crippen molar-refractivity contribution in [3.8, 4) is 0 Å². The molecule has 5 heteroatoms. The fraction of sp³-hybridized carbons (Fsp3) is 0.375. The highest BCUT2D eigenvalue weighted by atomic mass is 79.9. The first-order valence-electron chi connectivity index (χ1n) is 13.4. The summed E-state index contributed by atoms with van der Waals surface area (Å²) in [6.45, 7) is 2.46. The van der Waals surface area contributed by atoms with Crippen LogP contribution in [0.15, 0.2) is 83.3 Å². The van der Waals surface area contributed by atoms with Crippen molar-refractivity contribution in [2.45, 2.75) is 76.9 Å². The molecule has 1 N–H and O–H groups in total. The zero-order valence-corrected chi connectivity index (χ0v) is 23.3. The Morgan fingerprint density at radius 1 is 0.865 bits per heavy atom. The van der Waals surface area contributed by atoms with Gasteiger partial charge in [0, 0.05) is 29.9 Å². The Balaban J connectivity index is 1.59. The standard InChI is InChI=1S/C32H37BrN2O2/c1-24-12-14-25(15-13-24)18-21-31(36)35(23-27-16-19-28(33)20-17-27)30(22-26-8-4-2-5-9-26)32(37)34-29-10-6-3-7-11-29/h2,4-5,8-9,12-17,19-20,29-30H,3,6-7,10-11,18,21-23H2,1H3,(H,34,37)/t30-/m1/s1. The predicted molar refractivity (Wildman–Crippen MR) is 153 cm³/mol. The predicted octanol–water partition coefficient (Wildman–Crippen LogP) is 6.78. The molecule has 0 unspecified atom stereocenters. The molecule has 0 bridgehead atoms. The highest BCUT2D eigenvalue weighted by molar-refractivity contribution is 9.10. The van der Waals surface area contributed by atoms with Crippen LogP contribution in [-0.4, -0.2) is 28.8 Å². The third kappa shape index (κ3) is 8.29. The van der Waals surface area contributed by atoms with Gasteiger partial charge in [0.2, 0.25) is 11.8 Å². The van der Waals surface area contributed by atoms with Crippen LogP contribution in [0, 0.1) is 6.92 Å². The number of nitrogens with zero attached hydrogens (tertiary/aromatic N) is 1. The number of hydrogen-bond donors (Lipinski definition) is 1. The minimum absolute atomic E-state index is 0.00298. The Morgan fingerprint density at radius 3 is 2.19 bits per heavy atom. The Hall–Kier alpha value is -2.92. The molecule has 2 amide bonds. The number of rotatable bonds is 10. The first kappa shape index (κ1) is 27.1. The molecule has 0 heterocycles. The van der Waals surface area contributed by atoms with Crippen LogP contribution < -0.4 is 5.32 Å². The van der Waals surface area contributed by atoms with Gasteiger partial charge in [0.05, 0.1) is 0 Å². The lowest BCUT2D eigenvalue weighted by Crippen LogP contribution is -2.52. The van der Waals surface area contributed by atoms with E-state index in [1.165, 1.54) is 12.0 Å². The van der Waals surface area contributed by atoms with E-state index in [1.54, 1.807) is 0 Å². The molecule has 194 valence electrons. The van der Waals surface area contributed by atoms with Gasteiger partial charge in [-0.3, -0.25) is 9.59 Å². The van der Waals surface area contributed by atoms with Crippen molar-refractivity contribution in [2.75, 3.05) is 0 Å². The van der Waals surface area contributed by atoms with Gasteiger partial charge in [-0.15, -0.1) is 0 Å². The second-order valence-electron chi connectivity index (χ2n) is 10.2. The molecular weight excluding hydrogens is 524 g/mol. The Bertz CT molecular complexity index is 1140. The monoisotopic (exact) mass is 560 g/mol. The van der Waals surface area contributed by atoms with Crippen molar-refractivity contribution in [1.82, 2.24) is 10.2 Å². The van der Waals surface area contributed by atoms with Gasteiger partial charge in [-0.25, -0.2) is 0 Å².